The molecule has 0 fully saturated rings. The van der Waals surface area contributed by atoms with Crippen molar-refractivity contribution in [3.8, 4) is 0 Å². The highest BCUT2D eigenvalue weighted by atomic mass is 79.9. The molecule has 5 heteroatoms. The molecule has 0 saturated carbocycles. The first-order valence-electron chi connectivity index (χ1n) is 5.97. The first kappa shape index (κ1) is 14.4. The maximum Gasteiger partial charge on any atom is 0.267 e. The van der Waals surface area contributed by atoms with Gasteiger partial charge in [-0.25, -0.2) is 4.98 Å². The van der Waals surface area contributed by atoms with E-state index in [1.807, 2.05) is 6.92 Å². The highest BCUT2D eigenvalue weighted by molar-refractivity contribution is 9.10. The third kappa shape index (κ3) is 4.60. The normalized spacial score (nSPS) is 11.1. The van der Waals surface area contributed by atoms with E-state index in [0.29, 0.717) is 10.5 Å². The van der Waals surface area contributed by atoms with Crippen molar-refractivity contribution in [1.82, 2.24) is 14.9 Å². The molecular weight excluding hydrogens is 282 g/mol. The SMILES string of the molecule is Cc1ncn(CCCCNC(C)C)c(=O)c1Br. The Morgan fingerprint density at radius 3 is 2.82 bits per heavy atom. The minimum atomic E-state index is 0.00863. The van der Waals surface area contributed by atoms with Gasteiger partial charge in [0, 0.05) is 12.6 Å². The van der Waals surface area contributed by atoms with Crippen molar-refractivity contribution < 1.29 is 0 Å². The Hall–Kier alpha value is -0.680. The predicted octanol–water partition coefficient (Wildman–Crippen LogP) is 2.09. The fraction of sp³-hybridized carbons (Fsp3) is 0.667. The zero-order valence-electron chi connectivity index (χ0n) is 10.7. The summed E-state index contributed by atoms with van der Waals surface area (Å²) in [6, 6.07) is 0.521. The molecule has 0 radical (unpaired) electrons. The molecule has 0 aliphatic heterocycles. The summed E-state index contributed by atoms with van der Waals surface area (Å²) in [7, 11) is 0. The predicted molar refractivity (Wildman–Crippen MR) is 73.3 cm³/mol. The molecule has 96 valence electrons. The van der Waals surface area contributed by atoms with Gasteiger partial charge in [0.15, 0.2) is 0 Å². The standard InChI is InChI=1S/C12H20BrN3O/c1-9(2)14-6-4-5-7-16-8-15-10(3)11(13)12(16)17/h8-9,14H,4-7H2,1-3H3. The average molecular weight is 302 g/mol. The summed E-state index contributed by atoms with van der Waals surface area (Å²) in [4.78, 5) is 16.0. The number of nitrogens with zero attached hydrogens (tertiary/aromatic N) is 2. The molecule has 0 aliphatic rings. The minimum Gasteiger partial charge on any atom is -0.315 e. The Morgan fingerprint density at radius 2 is 2.18 bits per heavy atom. The van der Waals surface area contributed by atoms with Crippen LogP contribution in [0.3, 0.4) is 0 Å². The molecule has 4 nitrogen and oxygen atoms in total. The monoisotopic (exact) mass is 301 g/mol. The number of halogens is 1. The second-order valence-corrected chi connectivity index (χ2v) is 5.25. The minimum absolute atomic E-state index is 0.00863. The molecule has 0 bridgehead atoms. The number of hydrogen-bond acceptors (Lipinski definition) is 3. The van der Waals surface area contributed by atoms with Gasteiger partial charge in [-0.2, -0.15) is 0 Å². The van der Waals surface area contributed by atoms with Crippen molar-refractivity contribution in [3.63, 3.8) is 0 Å². The van der Waals surface area contributed by atoms with Crippen molar-refractivity contribution in [2.45, 2.75) is 46.2 Å². The van der Waals surface area contributed by atoms with Crippen molar-refractivity contribution in [1.29, 1.82) is 0 Å². The Morgan fingerprint density at radius 1 is 1.47 bits per heavy atom. The smallest absolute Gasteiger partial charge is 0.267 e. The molecule has 0 aromatic carbocycles. The van der Waals surface area contributed by atoms with Crippen molar-refractivity contribution in [2.75, 3.05) is 6.54 Å². The third-order valence-electron chi connectivity index (χ3n) is 2.54. The van der Waals surface area contributed by atoms with Gasteiger partial charge in [0.2, 0.25) is 0 Å². The van der Waals surface area contributed by atoms with Gasteiger partial charge >= 0.3 is 0 Å². The molecule has 1 aromatic rings. The first-order valence-corrected chi connectivity index (χ1v) is 6.76. The van der Waals surface area contributed by atoms with Crippen molar-refractivity contribution >= 4 is 15.9 Å². The van der Waals surface area contributed by atoms with Crippen LogP contribution >= 0.6 is 15.9 Å². The van der Waals surface area contributed by atoms with Gasteiger partial charge in [-0.05, 0) is 42.2 Å². The van der Waals surface area contributed by atoms with Crippen molar-refractivity contribution in [3.05, 3.63) is 26.8 Å². The van der Waals surface area contributed by atoms with Gasteiger partial charge in [-0.15, -0.1) is 0 Å². The van der Waals surface area contributed by atoms with Gasteiger partial charge < -0.3 is 5.32 Å². The maximum atomic E-state index is 11.8. The van der Waals surface area contributed by atoms with Crippen LogP contribution in [0.25, 0.3) is 0 Å². The van der Waals surface area contributed by atoms with Crippen LogP contribution in [0.15, 0.2) is 15.6 Å². The van der Waals surface area contributed by atoms with E-state index in [0.717, 1.165) is 31.6 Å². The van der Waals surface area contributed by atoms with Crippen LogP contribution in [-0.4, -0.2) is 22.1 Å². The van der Waals surface area contributed by atoms with E-state index in [9.17, 15) is 4.79 Å². The van der Waals surface area contributed by atoms with E-state index in [1.54, 1.807) is 10.9 Å². The summed E-state index contributed by atoms with van der Waals surface area (Å²) in [5, 5.41) is 3.35. The number of unbranched alkanes of at least 4 members (excludes halogenated alkanes) is 1. The number of rotatable bonds is 6. The van der Waals surface area contributed by atoms with Gasteiger partial charge in [0.1, 0.15) is 4.47 Å². The van der Waals surface area contributed by atoms with E-state index in [1.165, 1.54) is 0 Å². The molecule has 0 amide bonds. The molecule has 0 spiro atoms. The van der Waals surface area contributed by atoms with Crippen LogP contribution in [0.4, 0.5) is 0 Å². The van der Waals surface area contributed by atoms with E-state index in [2.05, 4.69) is 40.1 Å². The zero-order chi connectivity index (χ0) is 12.8. The molecule has 17 heavy (non-hydrogen) atoms. The number of aryl methyl sites for hydroxylation is 2. The van der Waals surface area contributed by atoms with Crippen LogP contribution in [0.1, 0.15) is 32.4 Å². The molecular formula is C12H20BrN3O. The lowest BCUT2D eigenvalue weighted by Gasteiger charge is -2.09. The van der Waals surface area contributed by atoms with Crippen LogP contribution in [0, 0.1) is 6.92 Å². The third-order valence-corrected chi connectivity index (χ3v) is 3.45. The highest BCUT2D eigenvalue weighted by Crippen LogP contribution is 2.06. The number of aromatic nitrogens is 2. The molecule has 0 saturated heterocycles. The van der Waals surface area contributed by atoms with E-state index >= 15 is 0 Å². The van der Waals surface area contributed by atoms with Crippen LogP contribution in [0.5, 0.6) is 0 Å². The van der Waals surface area contributed by atoms with Gasteiger partial charge in [-0.3, -0.25) is 9.36 Å². The van der Waals surface area contributed by atoms with Crippen molar-refractivity contribution in [2.24, 2.45) is 0 Å². The second kappa shape index (κ2) is 6.91. The Bertz CT molecular complexity index is 415. The maximum absolute atomic E-state index is 11.8. The largest absolute Gasteiger partial charge is 0.315 e. The number of nitrogens with one attached hydrogen (secondary N) is 1. The molecule has 1 aromatic heterocycles. The summed E-state index contributed by atoms with van der Waals surface area (Å²) in [6.07, 6.45) is 3.67. The summed E-state index contributed by atoms with van der Waals surface area (Å²) >= 11 is 3.26. The van der Waals surface area contributed by atoms with Gasteiger partial charge in [0.05, 0.1) is 12.0 Å². The number of hydrogen-bond donors (Lipinski definition) is 1. The van der Waals surface area contributed by atoms with E-state index in [-0.39, 0.29) is 5.56 Å². The fourth-order valence-corrected chi connectivity index (χ4v) is 1.83. The van der Waals surface area contributed by atoms with Crippen LogP contribution < -0.4 is 10.9 Å². The summed E-state index contributed by atoms with van der Waals surface area (Å²) in [6.45, 7) is 7.80. The lowest BCUT2D eigenvalue weighted by Crippen LogP contribution is -2.25. The Kier molecular flexibility index (Phi) is 5.85. The summed E-state index contributed by atoms with van der Waals surface area (Å²) in [5.41, 5.74) is 0.752. The molecule has 1 N–H and O–H groups in total. The van der Waals surface area contributed by atoms with Crippen LogP contribution in [-0.2, 0) is 6.54 Å². The molecule has 0 aliphatic carbocycles. The van der Waals surface area contributed by atoms with Gasteiger partial charge in [0.25, 0.3) is 5.56 Å². The van der Waals surface area contributed by atoms with Crippen LogP contribution in [0.2, 0.25) is 0 Å². The Balaban J connectivity index is 2.43. The summed E-state index contributed by atoms with van der Waals surface area (Å²) in [5.74, 6) is 0. The second-order valence-electron chi connectivity index (χ2n) is 4.46. The fourth-order valence-electron chi connectivity index (χ4n) is 1.50. The lowest BCUT2D eigenvalue weighted by molar-refractivity contribution is 0.523. The zero-order valence-corrected chi connectivity index (χ0v) is 12.2. The van der Waals surface area contributed by atoms with E-state index < -0.39 is 0 Å². The highest BCUT2D eigenvalue weighted by Gasteiger charge is 2.04. The quantitative estimate of drug-likeness (QED) is 0.819. The van der Waals surface area contributed by atoms with Gasteiger partial charge in [-0.1, -0.05) is 13.8 Å². The van der Waals surface area contributed by atoms with E-state index in [4.69, 9.17) is 0 Å². The first-order chi connectivity index (χ1) is 8.02. The molecule has 1 rings (SSSR count). The summed E-state index contributed by atoms with van der Waals surface area (Å²) < 4.78 is 2.23. The average Bonchev–Trinajstić information content (AvgIpc) is 2.28. The molecule has 1 heterocycles. The Labute approximate surface area is 111 Å². The lowest BCUT2D eigenvalue weighted by atomic mass is 10.3. The topological polar surface area (TPSA) is 46.9 Å². The molecule has 0 atom stereocenters. The molecule has 0 unspecified atom stereocenters.